The molecule has 0 saturated carbocycles. The first-order valence-electron chi connectivity index (χ1n) is 5.19. The van der Waals surface area contributed by atoms with Crippen LogP contribution in [-0.4, -0.2) is 26.3 Å². The molecular formula is C11H11N5OS. The molecule has 0 aliphatic heterocycles. The molecule has 1 aromatic carbocycles. The molecule has 0 saturated heterocycles. The summed E-state index contributed by atoms with van der Waals surface area (Å²) in [7, 11) is 0. The molecule has 18 heavy (non-hydrogen) atoms. The van der Waals surface area contributed by atoms with Crippen LogP contribution in [0.15, 0.2) is 30.5 Å². The summed E-state index contributed by atoms with van der Waals surface area (Å²) in [5.41, 5.74) is 7.37. The van der Waals surface area contributed by atoms with Crippen LogP contribution in [0.4, 0.5) is 5.69 Å². The Morgan fingerprint density at radius 3 is 2.67 bits per heavy atom. The van der Waals surface area contributed by atoms with Gasteiger partial charge in [-0.3, -0.25) is 4.79 Å². The maximum Gasteiger partial charge on any atom is 0.277 e. The summed E-state index contributed by atoms with van der Waals surface area (Å²) < 4.78 is 0. The summed E-state index contributed by atoms with van der Waals surface area (Å²) in [5.74, 6) is -0.314. The van der Waals surface area contributed by atoms with Gasteiger partial charge in [0.25, 0.3) is 5.91 Å². The van der Waals surface area contributed by atoms with E-state index in [1.165, 1.54) is 6.20 Å². The molecule has 0 aliphatic carbocycles. The van der Waals surface area contributed by atoms with E-state index in [1.54, 1.807) is 12.1 Å². The van der Waals surface area contributed by atoms with Crippen molar-refractivity contribution < 1.29 is 4.79 Å². The minimum Gasteiger partial charge on any atom is -0.393 e. The monoisotopic (exact) mass is 261 g/mol. The zero-order chi connectivity index (χ0) is 13.0. The number of nitrogens with one attached hydrogen (secondary N) is 2. The van der Waals surface area contributed by atoms with Crippen LogP contribution in [0.2, 0.25) is 0 Å². The third-order valence-corrected chi connectivity index (χ3v) is 2.38. The third-order valence-electron chi connectivity index (χ3n) is 2.24. The number of hydrogen-bond acceptors (Lipinski definition) is 4. The normalized spacial score (nSPS) is 10.0. The Bertz CT molecular complexity index is 549. The molecule has 0 atom stereocenters. The molecule has 7 heteroatoms. The molecule has 0 spiro atoms. The zero-order valence-corrected chi connectivity index (χ0v) is 10.2. The van der Waals surface area contributed by atoms with Gasteiger partial charge in [-0.15, -0.1) is 0 Å². The second-order valence-electron chi connectivity index (χ2n) is 3.65. The van der Waals surface area contributed by atoms with Gasteiger partial charge in [0.2, 0.25) is 0 Å². The Labute approximate surface area is 109 Å². The fourth-order valence-corrected chi connectivity index (χ4v) is 1.58. The van der Waals surface area contributed by atoms with Crippen LogP contribution in [0.1, 0.15) is 16.1 Å². The number of nitrogens with zero attached hydrogens (tertiary/aromatic N) is 2. The SMILES string of the molecule is NC(=S)Cc1ccc(NC(=O)c2cn[nH]n2)cc1. The molecular weight excluding hydrogens is 250 g/mol. The Kier molecular flexibility index (Phi) is 3.63. The highest BCUT2D eigenvalue weighted by atomic mass is 32.1. The van der Waals surface area contributed by atoms with Crippen LogP contribution in [0.25, 0.3) is 0 Å². The van der Waals surface area contributed by atoms with E-state index in [-0.39, 0.29) is 11.6 Å². The summed E-state index contributed by atoms with van der Waals surface area (Å²) in [6.07, 6.45) is 1.91. The van der Waals surface area contributed by atoms with Gasteiger partial charge in [-0.25, -0.2) is 0 Å². The number of nitrogens with two attached hydrogens (primary N) is 1. The smallest absolute Gasteiger partial charge is 0.277 e. The number of thiocarbonyl (C=S) groups is 1. The standard InChI is InChI=1S/C11H11N5OS/c12-10(18)5-7-1-3-8(4-2-7)14-11(17)9-6-13-16-15-9/h1-4,6H,5H2,(H2,12,18)(H,14,17)(H,13,15,16). The largest absolute Gasteiger partial charge is 0.393 e. The summed E-state index contributed by atoms with van der Waals surface area (Å²) in [5, 5.41) is 12.3. The Hall–Kier alpha value is -2.28. The number of aromatic amines is 1. The molecule has 0 radical (unpaired) electrons. The Balaban J connectivity index is 2.02. The first kappa shape index (κ1) is 12.2. The van der Waals surface area contributed by atoms with E-state index in [0.717, 1.165) is 5.56 Å². The van der Waals surface area contributed by atoms with Crippen molar-refractivity contribution in [2.75, 3.05) is 5.32 Å². The average Bonchev–Trinajstić information content (AvgIpc) is 2.84. The minimum absolute atomic E-state index is 0.238. The first-order chi connectivity index (χ1) is 8.65. The van der Waals surface area contributed by atoms with E-state index >= 15 is 0 Å². The highest BCUT2D eigenvalue weighted by Gasteiger charge is 2.08. The fraction of sp³-hybridized carbons (Fsp3) is 0.0909. The van der Waals surface area contributed by atoms with E-state index in [2.05, 4.69) is 20.7 Å². The minimum atomic E-state index is -0.314. The predicted octanol–water partition coefficient (Wildman–Crippen LogP) is 0.886. The summed E-state index contributed by atoms with van der Waals surface area (Å²) in [6, 6.07) is 7.28. The average molecular weight is 261 g/mol. The van der Waals surface area contributed by atoms with E-state index < -0.39 is 0 Å². The second kappa shape index (κ2) is 5.37. The molecule has 2 rings (SSSR count). The molecule has 1 aromatic heterocycles. The van der Waals surface area contributed by atoms with Crippen molar-refractivity contribution >= 4 is 28.8 Å². The van der Waals surface area contributed by atoms with Gasteiger partial charge in [-0.2, -0.15) is 15.4 Å². The first-order valence-corrected chi connectivity index (χ1v) is 5.60. The maximum atomic E-state index is 11.7. The van der Waals surface area contributed by atoms with Gasteiger partial charge in [-0.05, 0) is 17.7 Å². The zero-order valence-electron chi connectivity index (χ0n) is 9.38. The molecule has 1 heterocycles. The molecule has 92 valence electrons. The number of aromatic nitrogens is 3. The number of anilines is 1. The molecule has 0 fully saturated rings. The summed E-state index contributed by atoms with van der Waals surface area (Å²) in [4.78, 5) is 12.1. The van der Waals surface area contributed by atoms with Crippen LogP contribution in [0.5, 0.6) is 0 Å². The number of amides is 1. The third kappa shape index (κ3) is 3.11. The van der Waals surface area contributed by atoms with Gasteiger partial charge in [-0.1, -0.05) is 24.4 Å². The van der Waals surface area contributed by atoms with Crippen molar-refractivity contribution in [3.63, 3.8) is 0 Å². The Morgan fingerprint density at radius 2 is 2.11 bits per heavy atom. The topological polar surface area (TPSA) is 96.7 Å². The molecule has 0 aliphatic rings. The van der Waals surface area contributed by atoms with Crippen molar-refractivity contribution in [3.8, 4) is 0 Å². The lowest BCUT2D eigenvalue weighted by atomic mass is 10.1. The number of H-pyrrole nitrogens is 1. The summed E-state index contributed by atoms with van der Waals surface area (Å²) >= 11 is 4.82. The van der Waals surface area contributed by atoms with Crippen molar-refractivity contribution in [3.05, 3.63) is 41.7 Å². The van der Waals surface area contributed by atoms with Crippen molar-refractivity contribution in [2.24, 2.45) is 5.73 Å². The lowest BCUT2D eigenvalue weighted by Gasteiger charge is -2.04. The maximum absolute atomic E-state index is 11.7. The van der Waals surface area contributed by atoms with Crippen molar-refractivity contribution in [1.82, 2.24) is 15.4 Å². The highest BCUT2D eigenvalue weighted by molar-refractivity contribution is 7.80. The van der Waals surface area contributed by atoms with E-state index in [0.29, 0.717) is 17.1 Å². The van der Waals surface area contributed by atoms with Crippen LogP contribution >= 0.6 is 12.2 Å². The van der Waals surface area contributed by atoms with Gasteiger partial charge in [0, 0.05) is 12.1 Å². The lowest BCUT2D eigenvalue weighted by molar-refractivity contribution is 0.102. The van der Waals surface area contributed by atoms with Crippen LogP contribution in [0.3, 0.4) is 0 Å². The van der Waals surface area contributed by atoms with Gasteiger partial charge < -0.3 is 11.1 Å². The number of carbonyl (C=O) groups excluding carboxylic acids is 1. The van der Waals surface area contributed by atoms with E-state index in [4.69, 9.17) is 18.0 Å². The number of carbonyl (C=O) groups is 1. The van der Waals surface area contributed by atoms with E-state index in [9.17, 15) is 4.79 Å². The fourth-order valence-electron chi connectivity index (χ4n) is 1.41. The number of hydrogen-bond donors (Lipinski definition) is 3. The second-order valence-corrected chi connectivity index (χ2v) is 4.17. The van der Waals surface area contributed by atoms with Crippen LogP contribution in [-0.2, 0) is 6.42 Å². The van der Waals surface area contributed by atoms with Crippen LogP contribution in [0, 0.1) is 0 Å². The predicted molar refractivity (Wildman–Crippen MR) is 71.3 cm³/mol. The van der Waals surface area contributed by atoms with Gasteiger partial charge in [0.1, 0.15) is 0 Å². The molecule has 1 amide bonds. The number of benzene rings is 1. The van der Waals surface area contributed by atoms with Crippen molar-refractivity contribution in [1.29, 1.82) is 0 Å². The molecule has 0 unspecified atom stereocenters. The molecule has 4 N–H and O–H groups in total. The van der Waals surface area contributed by atoms with Gasteiger partial charge >= 0.3 is 0 Å². The Morgan fingerprint density at radius 1 is 1.39 bits per heavy atom. The summed E-state index contributed by atoms with van der Waals surface area (Å²) in [6.45, 7) is 0. The number of rotatable bonds is 4. The van der Waals surface area contributed by atoms with Gasteiger partial charge in [0.15, 0.2) is 5.69 Å². The van der Waals surface area contributed by atoms with Gasteiger partial charge in [0.05, 0.1) is 11.2 Å². The molecule has 6 nitrogen and oxygen atoms in total. The van der Waals surface area contributed by atoms with Crippen molar-refractivity contribution in [2.45, 2.75) is 6.42 Å². The van der Waals surface area contributed by atoms with E-state index in [1.807, 2.05) is 12.1 Å². The molecule has 0 bridgehead atoms. The molecule has 2 aromatic rings. The van der Waals surface area contributed by atoms with Crippen LogP contribution < -0.4 is 11.1 Å². The quantitative estimate of drug-likeness (QED) is 0.710. The lowest BCUT2D eigenvalue weighted by Crippen LogP contribution is -2.13. The highest BCUT2D eigenvalue weighted by Crippen LogP contribution is 2.11.